The molecule has 0 amide bonds. The van der Waals surface area contributed by atoms with Gasteiger partial charge >= 0.3 is 11.9 Å². The van der Waals surface area contributed by atoms with E-state index >= 15 is 4.79 Å². The molecule has 12 N–H and O–H groups in total. The molecule has 114 heavy (non-hydrogen) atoms. The third kappa shape index (κ3) is 11.2. The summed E-state index contributed by atoms with van der Waals surface area (Å²) in [6.07, 6.45) is 1.54. The Hall–Kier alpha value is -8.49. The van der Waals surface area contributed by atoms with E-state index in [9.17, 15) is 25.4 Å². The van der Waals surface area contributed by atoms with Gasteiger partial charge in [0.25, 0.3) is 5.09 Å². The first-order chi connectivity index (χ1) is 54.2. The summed E-state index contributed by atoms with van der Waals surface area (Å²) in [7, 11) is 7.31. The molecule has 2 spiro atoms. The van der Waals surface area contributed by atoms with Crippen molar-refractivity contribution in [3.63, 3.8) is 0 Å². The summed E-state index contributed by atoms with van der Waals surface area (Å²) in [5.74, 6) is 3.78. The Labute approximate surface area is 682 Å². The number of methoxy groups -OCH3 is 2. The first-order valence-corrected chi connectivity index (χ1v) is 40.6. The molecule has 28 nitrogen and oxygen atoms in total. The monoisotopic (exact) mass is 1690 g/mol. The molecule has 22 rings (SSSR count). The number of aliphatic hydroxyl groups is 1. The number of aromatic amines is 2. The fourth-order valence-electron chi connectivity index (χ4n) is 21.8. The summed E-state index contributed by atoms with van der Waals surface area (Å²) in [5.41, 5.74) is 32.0. The third-order valence-corrected chi connectivity index (χ3v) is 29.9. The number of phenolic OH excluding ortho intramolecular Hbond substituents is 2. The summed E-state index contributed by atoms with van der Waals surface area (Å²) in [6.45, 7) is 17.3. The maximum absolute atomic E-state index is 15.0. The number of hydrogen-bond acceptors (Lipinski definition) is 26. The molecule has 0 aliphatic carbocycles. The van der Waals surface area contributed by atoms with E-state index in [0.717, 1.165) is 133 Å². The van der Waals surface area contributed by atoms with E-state index in [1.165, 1.54) is 0 Å². The number of phenols is 2. The molecule has 14 aliphatic rings. The van der Waals surface area contributed by atoms with Crippen LogP contribution < -0.4 is 50.5 Å². The van der Waals surface area contributed by atoms with E-state index in [1.54, 1.807) is 37.7 Å². The van der Waals surface area contributed by atoms with Gasteiger partial charge in [-0.1, -0.05) is 35.4 Å². The first kappa shape index (κ1) is 78.1. The van der Waals surface area contributed by atoms with Crippen LogP contribution in [0.5, 0.6) is 46.0 Å². The fraction of sp³-hybridized carbons (Fsp3) is 0.482. The molecule has 4 fully saturated rings. The molecule has 14 aliphatic heterocycles. The van der Waals surface area contributed by atoms with Gasteiger partial charge in [0.2, 0.25) is 13.6 Å². The van der Waals surface area contributed by atoms with Gasteiger partial charge in [-0.2, -0.15) is 5.26 Å². The number of carbonyl (C=O) groups excluding carboxylic acids is 2. The number of aromatic hydroxyl groups is 2. The van der Waals surface area contributed by atoms with Crippen LogP contribution in [0.25, 0.3) is 21.8 Å². The van der Waals surface area contributed by atoms with E-state index in [0.29, 0.717) is 84.8 Å². The minimum absolute atomic E-state index is 0. The summed E-state index contributed by atoms with van der Waals surface area (Å²) in [6, 6.07) is 15.8. The molecule has 16 atom stereocenters. The summed E-state index contributed by atoms with van der Waals surface area (Å²) in [4.78, 5) is 54.7. The maximum atomic E-state index is 15.0. The number of aromatic nitrogens is 2. The van der Waals surface area contributed by atoms with Crippen molar-refractivity contribution in [1.29, 1.82) is 5.26 Å². The molecule has 0 unspecified atom stereocenters. The normalized spacial score (nSPS) is 29.8. The Morgan fingerprint density at radius 2 is 1.02 bits per heavy atom. The number of nitrogens with zero attached hydrogens (tertiary/aromatic N) is 6. The van der Waals surface area contributed by atoms with Crippen molar-refractivity contribution >= 4 is 57.3 Å². The smallest absolute Gasteiger partial charge is 0.333 e. The number of aryl methyl sites for hydroxylation is 4. The van der Waals surface area contributed by atoms with Gasteiger partial charge < -0.3 is 79.9 Å². The summed E-state index contributed by atoms with van der Waals surface area (Å²) >= 11 is 3.38. The second-order valence-corrected chi connectivity index (χ2v) is 34.8. The number of nitrogens with one attached hydrogen (secondary N) is 4. The van der Waals surface area contributed by atoms with E-state index in [1.807, 2.05) is 13.8 Å². The number of H-pyrrole nitrogens is 2. The predicted molar refractivity (Wildman–Crippen MR) is 421 cm³/mol. The van der Waals surface area contributed by atoms with Crippen LogP contribution in [-0.4, -0.2) is 195 Å². The van der Waals surface area contributed by atoms with Crippen molar-refractivity contribution in [1.82, 2.24) is 40.2 Å². The Bertz CT molecular complexity index is 5420. The number of nitriles is 1. The topological polar surface area (TPSA) is 376 Å². The molecular weight excluding hydrogens is 1590 g/mol. The minimum Gasteiger partial charge on any atom is -0.504 e. The van der Waals surface area contributed by atoms with Gasteiger partial charge in [0.1, 0.15) is 25.5 Å². The Morgan fingerprint density at radius 3 is 1.45 bits per heavy atom. The molecule has 16 heterocycles. The van der Waals surface area contributed by atoms with E-state index in [-0.39, 0.29) is 131 Å². The van der Waals surface area contributed by atoms with Crippen LogP contribution in [0.3, 0.4) is 0 Å². The molecule has 31 heteroatoms. The predicted octanol–water partition coefficient (Wildman–Crippen LogP) is 8.62. The number of fused-ring (bicyclic) bond motifs is 22. The van der Waals surface area contributed by atoms with Crippen LogP contribution in [0.2, 0.25) is 0 Å². The van der Waals surface area contributed by atoms with Gasteiger partial charge in [-0.05, 0) is 186 Å². The molecule has 4 saturated heterocycles. The van der Waals surface area contributed by atoms with Crippen molar-refractivity contribution in [3.05, 3.63) is 170 Å². The van der Waals surface area contributed by atoms with Crippen molar-refractivity contribution in [2.75, 3.05) is 79.7 Å². The number of thioether (sulfide) groups is 2. The van der Waals surface area contributed by atoms with E-state index < -0.39 is 40.5 Å². The van der Waals surface area contributed by atoms with Crippen molar-refractivity contribution in [3.8, 4) is 52.1 Å². The van der Waals surface area contributed by atoms with Crippen molar-refractivity contribution in [2.24, 2.45) is 11.5 Å². The number of nitrogens with two attached hydrogens (primary N) is 2. The summed E-state index contributed by atoms with van der Waals surface area (Å²) in [5, 5.41) is 70.6. The Morgan fingerprint density at radius 1 is 0.605 bits per heavy atom. The van der Waals surface area contributed by atoms with Gasteiger partial charge in [-0.3, -0.25) is 30.2 Å². The van der Waals surface area contributed by atoms with Crippen LogP contribution in [0.1, 0.15) is 146 Å². The number of piperazine rings is 2. The zero-order chi connectivity index (χ0) is 79.3. The Balaban J connectivity index is 0.000000156. The number of carbonyl (C=O) groups is 2. The van der Waals surface area contributed by atoms with Crippen LogP contribution in [-0.2, 0) is 78.2 Å². The molecule has 8 aromatic rings. The van der Waals surface area contributed by atoms with E-state index in [4.69, 9.17) is 64.7 Å². The zero-order valence-electron chi connectivity index (χ0n) is 65.3. The SMILES string of the molecule is COc1c(C)cc2c(c1O)[C@@H]1[C@@H]3[C@@H]4SC[C@]5(N[C@H](CN)Cc6c5[nH]c5ccc(C)cc65)C(=O)OC[C@@H](c5c6c(c(C)c(C)c54)OCO6)N3[C@@H](C#N)[C@H](C2)N1C.COc1c(C)cc2c(c1O)[C@@H]1[C@@H]3[C@@H]4SC[C@]5(N[C@H](CN)Cc6c5[nH]c5ccc(C)cc65)C(=O)OC[C@@H](c5c6c(c(C)c(C)c54)OCO6)N3[C@@H](O)[C@H](C2)N1C.O=[N+]([O-])O.[Ag]. The maximum Gasteiger partial charge on any atom is 0.333 e. The van der Waals surface area contributed by atoms with Crippen molar-refractivity contribution in [2.45, 2.75) is 175 Å². The standard InChI is InChI=1S/C42H46N6O6S.C41H47N5O7S.Ag.HNO3/c1-18-7-8-26-24(9-18)25-12-23(13-43)46-42(40(25)45-26)16-55-39-30-20(3)21(4)37-38(54-17-53-37)32(30)29(15-52-41(42)50)48-28(14-44)27-11-22-10-19(2)36(51-6)35(49)31(22)33(34(39)48)47(27)5;1-17-7-8-25-23(9-17)24-12-22(13-42)44-41(38(24)43-25)15-54-37-28-19(3)20(4)35-36(53-16-52-35)30(28)27(14-51-40(41)49)46-32(37)31-29-21(11-26(39(46)48)45(31)5)10-18(2)34(50-6)33(29)47;;2-1(3)4/h7-10,23,27-29,33-34,39,45-46,49H,11-13,15-17,43H2,1-6H3;7-10,22,26-27,31-32,37,39,43-44,47-48H,11-16,42H2,1-6H3;;(H,2,3,4)/t23-,27-,28-,29-,33+,34+,39+,42+;22-,26-,27-,31+,32+,37+,39-,41+;;/m00../s1. The average molecular weight is 1690 g/mol. The number of esters is 2. The first-order valence-electron chi connectivity index (χ1n) is 38.5. The zero-order valence-corrected chi connectivity index (χ0v) is 68.4. The number of benzene rings is 6. The number of ether oxygens (including phenoxy) is 8. The quantitative estimate of drug-likeness (QED) is 0.0341. The van der Waals surface area contributed by atoms with Gasteiger partial charge in [0.15, 0.2) is 57.1 Å². The van der Waals surface area contributed by atoms with Gasteiger partial charge in [-0.15, -0.1) is 33.6 Å². The third-order valence-electron chi connectivity index (χ3n) is 26.9. The summed E-state index contributed by atoms with van der Waals surface area (Å²) < 4.78 is 49.6. The number of likely N-dealkylation sites (N-methyl/N-ethyl adjacent to an activating group) is 2. The van der Waals surface area contributed by atoms with Gasteiger partial charge in [-0.25, -0.2) is 9.59 Å². The van der Waals surface area contributed by atoms with Crippen LogP contribution >= 0.6 is 23.5 Å². The van der Waals surface area contributed by atoms with Crippen LogP contribution in [0.4, 0.5) is 0 Å². The molecule has 1 radical (unpaired) electrons. The number of aliphatic hydroxyl groups excluding tert-OH is 1. The largest absolute Gasteiger partial charge is 0.504 e. The molecule has 8 bridgehead atoms. The van der Waals surface area contributed by atoms with Crippen LogP contribution in [0.15, 0.2) is 48.5 Å². The van der Waals surface area contributed by atoms with Gasteiger partial charge in [0, 0.05) is 132 Å². The number of hydrogen-bond donors (Lipinski definition) is 10. The van der Waals surface area contributed by atoms with Crippen molar-refractivity contribution < 1.29 is 95.5 Å². The fourth-order valence-corrected chi connectivity index (χ4v) is 25.3. The Kier molecular flexibility index (Phi) is 19.7. The molecule has 6 aromatic carbocycles. The second-order valence-electron chi connectivity index (χ2n) is 32.6. The second kappa shape index (κ2) is 28.7. The molecule has 0 saturated carbocycles. The molecular formula is C83H94AgN12O16S2. The van der Waals surface area contributed by atoms with E-state index in [2.05, 4.69) is 150 Å². The average Bonchev–Trinajstić information content (AvgIpc) is 0.811. The number of rotatable bonds is 4. The van der Waals surface area contributed by atoms with Crippen LogP contribution in [0, 0.1) is 76.8 Å². The molecule has 605 valence electrons. The molecule has 2 aromatic heterocycles. The van der Waals surface area contributed by atoms with Gasteiger partial charge in [0.05, 0.1) is 61.9 Å². The minimum atomic E-state index is -1.50.